The van der Waals surface area contributed by atoms with E-state index in [2.05, 4.69) is 59.3 Å². The first-order valence-corrected chi connectivity index (χ1v) is 10.1. The van der Waals surface area contributed by atoms with Crippen LogP contribution in [0.15, 0.2) is 10.2 Å². The van der Waals surface area contributed by atoms with Crippen molar-refractivity contribution in [3.8, 4) is 0 Å². The summed E-state index contributed by atoms with van der Waals surface area (Å²) in [5.74, 6) is 0. The number of hydrogen-bond acceptors (Lipinski definition) is 1. The smallest absolute Gasteiger partial charge is 0.184 e. The van der Waals surface area contributed by atoms with Crippen molar-refractivity contribution in [2.75, 3.05) is 0 Å². The summed E-state index contributed by atoms with van der Waals surface area (Å²) in [6.45, 7) is 8.99. The van der Waals surface area contributed by atoms with Crippen LogP contribution in [0.1, 0.15) is 32.6 Å². The highest BCUT2D eigenvalue weighted by Crippen LogP contribution is 2.15. The number of unbranched alkanes of at least 4 members (excludes halogenated alkanes) is 2. The zero-order valence-electron chi connectivity index (χ0n) is 9.85. The SMILES string of the molecule is CCCCCC(C=CI)O[Si](C)(C)C. The van der Waals surface area contributed by atoms with Gasteiger partial charge >= 0.3 is 0 Å². The van der Waals surface area contributed by atoms with Gasteiger partial charge in [-0.1, -0.05) is 54.9 Å². The monoisotopic (exact) mass is 326 g/mol. The van der Waals surface area contributed by atoms with Crippen molar-refractivity contribution in [1.82, 2.24) is 0 Å². The molecule has 0 bridgehead atoms. The summed E-state index contributed by atoms with van der Waals surface area (Å²) in [5, 5.41) is 0. The first-order valence-electron chi connectivity index (χ1n) is 5.44. The molecule has 84 valence electrons. The summed E-state index contributed by atoms with van der Waals surface area (Å²) < 4.78 is 8.15. The molecule has 0 radical (unpaired) electrons. The van der Waals surface area contributed by atoms with Gasteiger partial charge in [-0.15, -0.1) is 0 Å². The molecule has 0 amide bonds. The molecule has 0 N–H and O–H groups in total. The van der Waals surface area contributed by atoms with Gasteiger partial charge in [0.25, 0.3) is 0 Å². The van der Waals surface area contributed by atoms with Crippen molar-refractivity contribution in [1.29, 1.82) is 0 Å². The number of rotatable bonds is 7. The van der Waals surface area contributed by atoms with Gasteiger partial charge in [0, 0.05) is 0 Å². The maximum Gasteiger partial charge on any atom is 0.184 e. The highest BCUT2D eigenvalue weighted by molar-refractivity contribution is 14.1. The number of halogens is 1. The fourth-order valence-corrected chi connectivity index (χ4v) is 2.89. The Morgan fingerprint density at radius 3 is 2.36 bits per heavy atom. The first kappa shape index (κ1) is 14.6. The van der Waals surface area contributed by atoms with Gasteiger partial charge in [0.05, 0.1) is 6.10 Å². The van der Waals surface area contributed by atoms with Crippen LogP contribution in [0.4, 0.5) is 0 Å². The molecule has 0 rings (SSSR count). The van der Waals surface area contributed by atoms with Gasteiger partial charge in [-0.05, 0) is 30.1 Å². The summed E-state index contributed by atoms with van der Waals surface area (Å²) in [4.78, 5) is 0. The molecule has 1 unspecified atom stereocenters. The van der Waals surface area contributed by atoms with E-state index < -0.39 is 8.32 Å². The second-order valence-corrected chi connectivity index (χ2v) is 9.76. The van der Waals surface area contributed by atoms with E-state index in [9.17, 15) is 0 Å². The minimum atomic E-state index is -1.37. The molecule has 14 heavy (non-hydrogen) atoms. The van der Waals surface area contributed by atoms with E-state index in [0.717, 1.165) is 0 Å². The van der Waals surface area contributed by atoms with Crippen molar-refractivity contribution in [3.63, 3.8) is 0 Å². The lowest BCUT2D eigenvalue weighted by Gasteiger charge is -2.24. The Morgan fingerprint density at radius 2 is 1.93 bits per heavy atom. The fraction of sp³-hybridized carbons (Fsp3) is 0.818. The third kappa shape index (κ3) is 9.21. The van der Waals surface area contributed by atoms with Crippen LogP contribution in [0, 0.1) is 0 Å². The molecule has 0 aromatic rings. The Balaban J connectivity index is 3.90. The molecule has 0 aliphatic heterocycles. The lowest BCUT2D eigenvalue weighted by molar-refractivity contribution is 0.227. The predicted octanol–water partition coefficient (Wildman–Crippen LogP) is 4.74. The Kier molecular flexibility index (Phi) is 8.24. The molecule has 0 aromatic carbocycles. The molecule has 3 heteroatoms. The molecule has 1 nitrogen and oxygen atoms in total. The molecule has 0 fully saturated rings. The highest BCUT2D eigenvalue weighted by Gasteiger charge is 2.18. The predicted molar refractivity (Wildman–Crippen MR) is 75.5 cm³/mol. The van der Waals surface area contributed by atoms with Crippen LogP contribution in [0.3, 0.4) is 0 Å². The topological polar surface area (TPSA) is 9.23 Å². The molecule has 0 aromatic heterocycles. The van der Waals surface area contributed by atoms with Crippen molar-refractivity contribution < 1.29 is 4.43 Å². The van der Waals surface area contributed by atoms with Gasteiger partial charge in [0.1, 0.15) is 0 Å². The van der Waals surface area contributed by atoms with Crippen LogP contribution < -0.4 is 0 Å². The van der Waals surface area contributed by atoms with E-state index in [1.165, 1.54) is 25.7 Å². The molecular formula is C11H23IOSi. The largest absolute Gasteiger partial charge is 0.411 e. The normalized spacial score (nSPS) is 14.9. The van der Waals surface area contributed by atoms with Crippen molar-refractivity contribution in [2.45, 2.75) is 58.4 Å². The molecule has 0 saturated heterocycles. The molecule has 0 spiro atoms. The van der Waals surface area contributed by atoms with Gasteiger partial charge < -0.3 is 4.43 Å². The van der Waals surface area contributed by atoms with E-state index in [1.807, 2.05) is 0 Å². The van der Waals surface area contributed by atoms with E-state index >= 15 is 0 Å². The average molecular weight is 326 g/mol. The molecule has 0 heterocycles. The molecular weight excluding hydrogens is 303 g/mol. The van der Waals surface area contributed by atoms with Gasteiger partial charge in [-0.3, -0.25) is 0 Å². The van der Waals surface area contributed by atoms with Crippen molar-refractivity contribution >= 4 is 30.9 Å². The summed E-state index contributed by atoms with van der Waals surface area (Å²) in [6, 6.07) is 0. The standard InChI is InChI=1S/C11H23IOSi/c1-5-6-7-8-11(9-10-12)13-14(2,3)4/h9-11H,5-8H2,1-4H3. The molecule has 1 atom stereocenters. The maximum absolute atomic E-state index is 6.07. The van der Waals surface area contributed by atoms with Crippen LogP contribution in [0.2, 0.25) is 19.6 Å². The quantitative estimate of drug-likeness (QED) is 0.373. The summed E-state index contributed by atoms with van der Waals surface area (Å²) in [6.07, 6.45) is 7.61. The highest BCUT2D eigenvalue weighted by atomic mass is 127. The average Bonchev–Trinajstić information content (AvgIpc) is 2.02. The van der Waals surface area contributed by atoms with E-state index in [0.29, 0.717) is 6.10 Å². The lowest BCUT2D eigenvalue weighted by Crippen LogP contribution is -2.31. The van der Waals surface area contributed by atoms with Crippen LogP contribution >= 0.6 is 22.6 Å². The van der Waals surface area contributed by atoms with Gasteiger partial charge in [0.15, 0.2) is 8.32 Å². The van der Waals surface area contributed by atoms with Gasteiger partial charge in [-0.2, -0.15) is 0 Å². The Hall–Kier alpha value is 0.647. The zero-order chi connectivity index (χ0) is 11.0. The van der Waals surface area contributed by atoms with Crippen LogP contribution in [0.25, 0.3) is 0 Å². The van der Waals surface area contributed by atoms with E-state index in [1.54, 1.807) is 0 Å². The lowest BCUT2D eigenvalue weighted by atomic mass is 10.1. The molecule has 0 saturated carbocycles. The van der Waals surface area contributed by atoms with Gasteiger partial charge in [-0.25, -0.2) is 0 Å². The Labute approximate surface area is 104 Å². The maximum atomic E-state index is 6.07. The second-order valence-electron chi connectivity index (χ2n) is 4.58. The summed E-state index contributed by atoms with van der Waals surface area (Å²) in [5.41, 5.74) is 0. The minimum Gasteiger partial charge on any atom is -0.411 e. The minimum absolute atomic E-state index is 0.352. The van der Waals surface area contributed by atoms with E-state index in [-0.39, 0.29) is 0 Å². The zero-order valence-corrected chi connectivity index (χ0v) is 13.0. The molecule has 0 aliphatic rings. The molecule has 0 aliphatic carbocycles. The van der Waals surface area contributed by atoms with Crippen molar-refractivity contribution in [2.24, 2.45) is 0 Å². The van der Waals surface area contributed by atoms with Gasteiger partial charge in [0.2, 0.25) is 0 Å². The summed E-state index contributed by atoms with van der Waals surface area (Å²) >= 11 is 2.27. The van der Waals surface area contributed by atoms with Crippen molar-refractivity contribution in [3.05, 3.63) is 10.2 Å². The van der Waals surface area contributed by atoms with Crippen LogP contribution in [-0.4, -0.2) is 14.4 Å². The van der Waals surface area contributed by atoms with E-state index in [4.69, 9.17) is 4.43 Å². The first-order chi connectivity index (χ1) is 6.49. The van der Waals surface area contributed by atoms with Crippen LogP contribution in [-0.2, 0) is 4.43 Å². The fourth-order valence-electron chi connectivity index (χ4n) is 1.33. The Morgan fingerprint density at radius 1 is 1.29 bits per heavy atom. The Bertz CT molecular complexity index is 163. The summed E-state index contributed by atoms with van der Waals surface area (Å²) in [7, 11) is -1.37. The third-order valence-corrected chi connectivity index (χ3v) is 3.31. The second kappa shape index (κ2) is 7.88. The van der Waals surface area contributed by atoms with Crippen LogP contribution in [0.5, 0.6) is 0 Å². The number of hydrogen-bond donors (Lipinski definition) is 0. The third-order valence-electron chi connectivity index (χ3n) is 1.88.